The number of nitrogens with one attached hydrogen (secondary N) is 1. The number of pyridine rings is 2. The number of benzene rings is 1. The van der Waals surface area contributed by atoms with Gasteiger partial charge in [0.25, 0.3) is 0 Å². The minimum absolute atomic E-state index is 0.334. The summed E-state index contributed by atoms with van der Waals surface area (Å²) in [6.45, 7) is 6.95. The van der Waals surface area contributed by atoms with Crippen LogP contribution in [-0.4, -0.2) is 45.6 Å². The fourth-order valence-electron chi connectivity index (χ4n) is 2.93. The molecule has 3 aromatic rings. The summed E-state index contributed by atoms with van der Waals surface area (Å²) in [5.74, 6) is 6.10. The fraction of sp³-hybridized carbons (Fsp3) is 0.259. The van der Waals surface area contributed by atoms with Crippen LogP contribution >= 0.6 is 0 Å². The van der Waals surface area contributed by atoms with Crippen molar-refractivity contribution >= 4 is 17.8 Å². The Morgan fingerprint density at radius 3 is 2.32 bits per heavy atom. The van der Waals surface area contributed by atoms with Crippen LogP contribution < -0.4 is 5.32 Å². The highest BCUT2D eigenvalue weighted by Gasteiger charge is 2.27. The minimum Gasteiger partial charge on any atom is -0.444 e. The Morgan fingerprint density at radius 1 is 1.00 bits per heavy atom. The normalized spacial score (nSPS) is 11.6. The van der Waals surface area contributed by atoms with Crippen LogP contribution in [0.3, 0.4) is 0 Å². The maximum atomic E-state index is 12.9. The van der Waals surface area contributed by atoms with Gasteiger partial charge in [-0.25, -0.2) is 9.78 Å². The van der Waals surface area contributed by atoms with Crippen LogP contribution in [0.4, 0.5) is 10.6 Å². The molecule has 0 radical (unpaired) electrons. The van der Waals surface area contributed by atoms with E-state index >= 15 is 0 Å². The molecule has 174 valence electrons. The number of aromatic nitrogens is 2. The lowest BCUT2D eigenvalue weighted by Crippen LogP contribution is -2.45. The van der Waals surface area contributed by atoms with Crippen LogP contribution in [0.2, 0.25) is 0 Å². The molecular formula is C27H28N4O3. The Morgan fingerprint density at radius 2 is 1.68 bits per heavy atom. The third-order valence-corrected chi connectivity index (χ3v) is 4.84. The molecule has 2 amide bonds. The van der Waals surface area contributed by atoms with Gasteiger partial charge in [0.15, 0.2) is 0 Å². The molecule has 1 unspecified atom stereocenters. The van der Waals surface area contributed by atoms with Crippen molar-refractivity contribution < 1.29 is 14.3 Å². The lowest BCUT2D eigenvalue weighted by molar-refractivity contribution is -0.120. The number of carbonyl (C=O) groups excluding carboxylic acids is 2. The van der Waals surface area contributed by atoms with Crippen molar-refractivity contribution in [3.8, 4) is 23.0 Å². The van der Waals surface area contributed by atoms with Crippen molar-refractivity contribution in [3.63, 3.8) is 0 Å². The van der Waals surface area contributed by atoms with Crippen LogP contribution in [0.15, 0.2) is 67.0 Å². The Hall–Kier alpha value is -4.18. The molecule has 0 fully saturated rings. The first-order valence-electron chi connectivity index (χ1n) is 10.9. The summed E-state index contributed by atoms with van der Waals surface area (Å²) < 4.78 is 5.36. The number of anilines is 1. The maximum Gasteiger partial charge on any atom is 0.410 e. The molecular weight excluding hydrogens is 428 g/mol. The van der Waals surface area contributed by atoms with E-state index in [1.165, 1.54) is 11.9 Å². The van der Waals surface area contributed by atoms with E-state index in [0.29, 0.717) is 11.5 Å². The summed E-state index contributed by atoms with van der Waals surface area (Å²) in [5.41, 5.74) is 2.44. The Balaban J connectivity index is 1.87. The average molecular weight is 457 g/mol. The summed E-state index contributed by atoms with van der Waals surface area (Å²) in [6, 6.07) is 16.2. The molecule has 1 atom stereocenters. The number of hydrogen-bond acceptors (Lipinski definition) is 5. The monoisotopic (exact) mass is 456 g/mol. The second-order valence-corrected chi connectivity index (χ2v) is 8.73. The number of rotatable bonds is 4. The zero-order valence-corrected chi connectivity index (χ0v) is 20.0. The molecule has 1 aromatic carbocycles. The topological polar surface area (TPSA) is 84.4 Å². The van der Waals surface area contributed by atoms with Gasteiger partial charge in [-0.05, 0) is 81.1 Å². The second-order valence-electron chi connectivity index (χ2n) is 8.73. The van der Waals surface area contributed by atoms with Crippen molar-refractivity contribution in [3.05, 3.63) is 78.2 Å². The molecule has 0 saturated carbocycles. The molecule has 0 saturated heterocycles. The molecule has 0 bridgehead atoms. The highest BCUT2D eigenvalue weighted by atomic mass is 16.6. The van der Waals surface area contributed by atoms with Crippen molar-refractivity contribution in [1.82, 2.24) is 14.9 Å². The van der Waals surface area contributed by atoms with Crippen LogP contribution in [-0.2, 0) is 9.53 Å². The van der Waals surface area contributed by atoms with Crippen LogP contribution in [0.5, 0.6) is 0 Å². The number of ether oxygens (including phenoxy) is 1. The molecule has 2 heterocycles. The quantitative estimate of drug-likeness (QED) is 0.574. The molecule has 3 rings (SSSR count). The first kappa shape index (κ1) is 24.5. The third-order valence-electron chi connectivity index (χ3n) is 4.84. The van der Waals surface area contributed by atoms with Gasteiger partial charge in [0, 0.05) is 25.0 Å². The van der Waals surface area contributed by atoms with E-state index in [4.69, 9.17) is 4.74 Å². The predicted octanol–water partition coefficient (Wildman–Crippen LogP) is 4.74. The first-order valence-corrected chi connectivity index (χ1v) is 10.9. The minimum atomic E-state index is -0.778. The van der Waals surface area contributed by atoms with Gasteiger partial charge >= 0.3 is 6.09 Å². The van der Waals surface area contributed by atoms with Gasteiger partial charge in [0.05, 0.1) is 0 Å². The molecule has 0 spiro atoms. The SMILES string of the molecule is CC(C(=O)Nc1cc(-c2ccncc2)cc(C#Cc2ccccc2)n1)N(C)C(=O)OC(C)(C)C. The van der Waals surface area contributed by atoms with Crippen molar-refractivity contribution in [1.29, 1.82) is 0 Å². The van der Waals surface area contributed by atoms with Gasteiger partial charge in [-0.2, -0.15) is 0 Å². The van der Waals surface area contributed by atoms with Gasteiger partial charge in [0.1, 0.15) is 23.2 Å². The lowest BCUT2D eigenvalue weighted by atomic mass is 10.1. The molecule has 0 aliphatic heterocycles. The highest BCUT2D eigenvalue weighted by molar-refractivity contribution is 5.96. The average Bonchev–Trinajstić information content (AvgIpc) is 2.81. The lowest BCUT2D eigenvalue weighted by Gasteiger charge is -2.28. The number of carbonyl (C=O) groups is 2. The molecule has 1 N–H and O–H groups in total. The van der Waals surface area contributed by atoms with Crippen LogP contribution in [0, 0.1) is 11.8 Å². The molecule has 34 heavy (non-hydrogen) atoms. The van der Waals surface area contributed by atoms with Crippen molar-refractivity contribution in [2.24, 2.45) is 0 Å². The van der Waals surface area contributed by atoms with Gasteiger partial charge < -0.3 is 10.1 Å². The summed E-state index contributed by atoms with van der Waals surface area (Å²) >= 11 is 0. The fourth-order valence-corrected chi connectivity index (χ4v) is 2.93. The van der Waals surface area contributed by atoms with E-state index in [1.807, 2.05) is 48.5 Å². The Bertz CT molecular complexity index is 1210. The smallest absolute Gasteiger partial charge is 0.410 e. The van der Waals surface area contributed by atoms with Gasteiger partial charge in [-0.3, -0.25) is 14.7 Å². The number of hydrogen-bond donors (Lipinski definition) is 1. The van der Waals surface area contributed by atoms with E-state index < -0.39 is 23.6 Å². The van der Waals surface area contributed by atoms with Crippen LogP contribution in [0.25, 0.3) is 11.1 Å². The van der Waals surface area contributed by atoms with E-state index in [2.05, 4.69) is 27.1 Å². The summed E-state index contributed by atoms with van der Waals surface area (Å²) in [6.07, 6.45) is 2.81. The van der Waals surface area contributed by atoms with Crippen molar-refractivity contribution in [2.45, 2.75) is 39.3 Å². The highest BCUT2D eigenvalue weighted by Crippen LogP contribution is 2.22. The maximum absolute atomic E-state index is 12.9. The standard InChI is InChI=1S/C27H28N4O3/c1-19(31(5)26(33)34-27(2,3)4)25(32)30-24-18-22(21-13-15-28-16-14-21)17-23(29-24)12-11-20-9-7-6-8-10-20/h6-10,13-19H,1-5H3,(H,29,30,32). The first-order chi connectivity index (χ1) is 16.1. The summed E-state index contributed by atoms with van der Waals surface area (Å²) in [7, 11) is 1.52. The summed E-state index contributed by atoms with van der Waals surface area (Å²) in [4.78, 5) is 35.1. The zero-order chi connectivity index (χ0) is 24.7. The molecule has 7 heteroatoms. The number of amides is 2. The van der Waals surface area contributed by atoms with Gasteiger partial charge in [-0.15, -0.1) is 0 Å². The largest absolute Gasteiger partial charge is 0.444 e. The number of nitrogens with zero attached hydrogens (tertiary/aromatic N) is 3. The molecule has 7 nitrogen and oxygen atoms in total. The Labute approximate surface area is 200 Å². The van der Waals surface area contributed by atoms with Crippen LogP contribution in [0.1, 0.15) is 39.0 Å². The van der Waals surface area contributed by atoms with E-state index in [-0.39, 0.29) is 0 Å². The zero-order valence-electron chi connectivity index (χ0n) is 20.0. The van der Waals surface area contributed by atoms with Gasteiger partial charge in [0.2, 0.25) is 5.91 Å². The van der Waals surface area contributed by atoms with E-state index in [1.54, 1.807) is 46.2 Å². The third kappa shape index (κ3) is 6.91. The van der Waals surface area contributed by atoms with E-state index in [9.17, 15) is 9.59 Å². The molecule has 0 aliphatic rings. The van der Waals surface area contributed by atoms with Gasteiger partial charge in [-0.1, -0.05) is 24.1 Å². The van der Waals surface area contributed by atoms with Crippen molar-refractivity contribution in [2.75, 3.05) is 12.4 Å². The predicted molar refractivity (Wildman–Crippen MR) is 132 cm³/mol. The summed E-state index contributed by atoms with van der Waals surface area (Å²) in [5, 5.41) is 2.81. The Kier molecular flexibility index (Phi) is 7.64. The second kappa shape index (κ2) is 10.6. The van der Waals surface area contributed by atoms with E-state index in [0.717, 1.165) is 16.7 Å². The number of likely N-dealkylation sites (N-methyl/N-ethyl adjacent to an activating group) is 1. The molecule has 2 aromatic heterocycles. The molecule has 0 aliphatic carbocycles.